The van der Waals surface area contributed by atoms with Gasteiger partial charge in [0.05, 0.1) is 12.0 Å². The van der Waals surface area contributed by atoms with Gasteiger partial charge in [0.25, 0.3) is 0 Å². The monoisotopic (exact) mass is 643 g/mol. The summed E-state index contributed by atoms with van der Waals surface area (Å²) in [6.07, 6.45) is 32.0. The van der Waals surface area contributed by atoms with Crippen molar-refractivity contribution in [2.24, 2.45) is 5.41 Å². The van der Waals surface area contributed by atoms with Crippen LogP contribution < -0.4 is 0 Å². The quantitative estimate of drug-likeness (QED) is 0.0461. The summed E-state index contributed by atoms with van der Waals surface area (Å²) in [5, 5.41) is 27.6. The van der Waals surface area contributed by atoms with Crippen LogP contribution in [0.1, 0.15) is 193 Å². The molecule has 0 amide bonds. The number of hydrogen-bond acceptors (Lipinski definition) is 7. The Hall–Kier alpha value is -1.18. The number of rotatable bonds is 36. The SMILES string of the molecule is CCC(CO)(COC(=O)CCCCCCCCCCCCCCCO)COC(=O)CCCCCCCCCCCCCCCO. The molecule has 7 nitrogen and oxygen atoms in total. The van der Waals surface area contributed by atoms with E-state index in [1.807, 2.05) is 6.92 Å². The molecule has 0 bridgehead atoms. The first kappa shape index (κ1) is 43.8. The zero-order chi connectivity index (χ0) is 33.1. The largest absolute Gasteiger partial charge is 0.465 e. The highest BCUT2D eigenvalue weighted by Gasteiger charge is 2.31. The van der Waals surface area contributed by atoms with E-state index in [0.29, 0.717) is 32.5 Å². The van der Waals surface area contributed by atoms with Crippen molar-refractivity contribution in [3.8, 4) is 0 Å². The van der Waals surface area contributed by atoms with Gasteiger partial charge in [-0.25, -0.2) is 0 Å². The standard InChI is InChI=1S/C38H74O7/c1-2-38(33-41,34-44-36(42)29-25-21-17-13-9-5-3-7-11-15-19-23-27-31-39)35-45-37(43)30-26-22-18-14-10-6-4-8-12-16-20-24-28-32-40/h39-41H,2-35H2,1H3. The Kier molecular flexibility index (Phi) is 33.3. The fourth-order valence-corrected chi connectivity index (χ4v) is 5.71. The molecule has 7 heteroatoms. The van der Waals surface area contributed by atoms with Gasteiger partial charge >= 0.3 is 11.9 Å². The first-order chi connectivity index (χ1) is 22.0. The third-order valence-corrected chi connectivity index (χ3v) is 9.24. The average Bonchev–Trinajstić information content (AvgIpc) is 3.05. The minimum atomic E-state index is -0.732. The van der Waals surface area contributed by atoms with Gasteiger partial charge < -0.3 is 24.8 Å². The van der Waals surface area contributed by atoms with Gasteiger partial charge in [0.1, 0.15) is 13.2 Å². The molecular weight excluding hydrogens is 568 g/mol. The molecule has 0 saturated heterocycles. The average molecular weight is 643 g/mol. The Morgan fingerprint density at radius 2 is 0.667 bits per heavy atom. The number of carbonyl (C=O) groups excluding carboxylic acids is 2. The van der Waals surface area contributed by atoms with Crippen LogP contribution in [0.3, 0.4) is 0 Å². The highest BCUT2D eigenvalue weighted by molar-refractivity contribution is 5.69. The summed E-state index contributed by atoms with van der Waals surface area (Å²) in [6.45, 7) is 2.54. The Balaban J connectivity index is 3.75. The van der Waals surface area contributed by atoms with Crippen molar-refractivity contribution in [1.82, 2.24) is 0 Å². The van der Waals surface area contributed by atoms with Crippen LogP contribution in [-0.2, 0) is 19.1 Å². The summed E-state index contributed by atoms with van der Waals surface area (Å²) >= 11 is 0. The van der Waals surface area contributed by atoms with Crippen molar-refractivity contribution < 1.29 is 34.4 Å². The Morgan fingerprint density at radius 1 is 0.422 bits per heavy atom. The van der Waals surface area contributed by atoms with E-state index in [2.05, 4.69) is 0 Å². The van der Waals surface area contributed by atoms with Crippen LogP contribution in [0.5, 0.6) is 0 Å². The molecule has 0 saturated carbocycles. The normalized spacial score (nSPS) is 11.6. The number of aliphatic hydroxyl groups is 3. The van der Waals surface area contributed by atoms with Gasteiger partial charge in [0.15, 0.2) is 0 Å². The molecule has 45 heavy (non-hydrogen) atoms. The first-order valence-electron chi connectivity index (χ1n) is 19.2. The molecule has 0 spiro atoms. The van der Waals surface area contributed by atoms with E-state index in [9.17, 15) is 14.7 Å². The van der Waals surface area contributed by atoms with Crippen LogP contribution in [0.4, 0.5) is 0 Å². The first-order valence-corrected chi connectivity index (χ1v) is 19.2. The molecule has 0 atom stereocenters. The fraction of sp³-hybridized carbons (Fsp3) is 0.947. The number of aliphatic hydroxyl groups excluding tert-OH is 3. The van der Waals surface area contributed by atoms with Gasteiger partial charge in [0, 0.05) is 26.1 Å². The Bertz CT molecular complexity index is 586. The third kappa shape index (κ3) is 29.9. The van der Waals surface area contributed by atoms with E-state index in [1.165, 1.54) is 103 Å². The van der Waals surface area contributed by atoms with E-state index in [0.717, 1.165) is 64.2 Å². The molecule has 0 heterocycles. The van der Waals surface area contributed by atoms with Crippen LogP contribution in [0.25, 0.3) is 0 Å². The molecule has 0 radical (unpaired) electrons. The number of ether oxygens (including phenoxy) is 2. The minimum absolute atomic E-state index is 0.0806. The van der Waals surface area contributed by atoms with Gasteiger partial charge in [-0.2, -0.15) is 0 Å². The highest BCUT2D eigenvalue weighted by atomic mass is 16.5. The van der Waals surface area contributed by atoms with Crippen LogP contribution in [0.15, 0.2) is 0 Å². The van der Waals surface area contributed by atoms with Gasteiger partial charge in [-0.1, -0.05) is 148 Å². The summed E-state index contributed by atoms with van der Waals surface area (Å²) in [4.78, 5) is 24.6. The summed E-state index contributed by atoms with van der Waals surface area (Å²) in [6, 6.07) is 0. The van der Waals surface area contributed by atoms with Crippen molar-refractivity contribution in [3.63, 3.8) is 0 Å². The Labute approximate surface area is 277 Å². The molecule has 0 unspecified atom stereocenters. The fourth-order valence-electron chi connectivity index (χ4n) is 5.71. The molecule has 0 aliphatic carbocycles. The second kappa shape index (κ2) is 34.2. The van der Waals surface area contributed by atoms with Crippen LogP contribution in [0.2, 0.25) is 0 Å². The Morgan fingerprint density at radius 3 is 0.889 bits per heavy atom. The van der Waals surface area contributed by atoms with E-state index < -0.39 is 5.41 Å². The van der Waals surface area contributed by atoms with Gasteiger partial charge in [-0.05, 0) is 32.1 Å². The van der Waals surface area contributed by atoms with Crippen molar-refractivity contribution >= 4 is 11.9 Å². The molecule has 0 aromatic rings. The second-order valence-corrected chi connectivity index (χ2v) is 13.5. The second-order valence-electron chi connectivity index (χ2n) is 13.5. The molecule has 0 aromatic heterocycles. The lowest BCUT2D eigenvalue weighted by Gasteiger charge is -2.29. The van der Waals surface area contributed by atoms with Crippen molar-refractivity contribution in [3.05, 3.63) is 0 Å². The maximum Gasteiger partial charge on any atom is 0.305 e. The topological polar surface area (TPSA) is 113 Å². The zero-order valence-corrected chi connectivity index (χ0v) is 29.5. The summed E-state index contributed by atoms with van der Waals surface area (Å²) in [5.41, 5.74) is -0.732. The minimum Gasteiger partial charge on any atom is -0.465 e. The maximum atomic E-state index is 12.3. The highest BCUT2D eigenvalue weighted by Crippen LogP contribution is 2.24. The molecule has 0 aromatic carbocycles. The van der Waals surface area contributed by atoms with Gasteiger partial charge in [-0.3, -0.25) is 9.59 Å². The molecule has 0 aliphatic heterocycles. The lowest BCUT2D eigenvalue weighted by molar-refractivity contribution is -0.156. The molecule has 0 aliphatic rings. The number of carbonyl (C=O) groups is 2. The van der Waals surface area contributed by atoms with Crippen LogP contribution in [-0.4, -0.2) is 60.3 Å². The van der Waals surface area contributed by atoms with Gasteiger partial charge in [-0.15, -0.1) is 0 Å². The summed E-state index contributed by atoms with van der Waals surface area (Å²) in [5.74, 6) is -0.471. The van der Waals surface area contributed by atoms with Crippen molar-refractivity contribution in [2.45, 2.75) is 193 Å². The molecular formula is C38H74O7. The van der Waals surface area contributed by atoms with E-state index in [1.54, 1.807) is 0 Å². The van der Waals surface area contributed by atoms with Crippen LogP contribution in [0, 0.1) is 5.41 Å². The summed E-state index contributed by atoms with van der Waals surface area (Å²) in [7, 11) is 0. The van der Waals surface area contributed by atoms with Crippen molar-refractivity contribution in [1.29, 1.82) is 0 Å². The van der Waals surface area contributed by atoms with E-state index in [-0.39, 0.29) is 31.8 Å². The van der Waals surface area contributed by atoms with Crippen molar-refractivity contribution in [2.75, 3.05) is 33.0 Å². The maximum absolute atomic E-state index is 12.3. The lowest BCUT2D eigenvalue weighted by atomic mass is 9.88. The molecule has 3 N–H and O–H groups in total. The van der Waals surface area contributed by atoms with Crippen LogP contribution >= 0.6 is 0 Å². The molecule has 268 valence electrons. The zero-order valence-electron chi connectivity index (χ0n) is 29.5. The number of unbranched alkanes of at least 4 members (excludes halogenated alkanes) is 24. The number of hydrogen-bond donors (Lipinski definition) is 3. The smallest absolute Gasteiger partial charge is 0.305 e. The number of esters is 2. The van der Waals surface area contributed by atoms with E-state index >= 15 is 0 Å². The predicted octanol–water partition coefficient (Wildman–Crippen LogP) is 9.37. The third-order valence-electron chi connectivity index (χ3n) is 9.24. The molecule has 0 rings (SSSR count). The molecule has 0 fully saturated rings. The van der Waals surface area contributed by atoms with E-state index in [4.69, 9.17) is 19.7 Å². The lowest BCUT2D eigenvalue weighted by Crippen LogP contribution is -2.37. The predicted molar refractivity (Wildman–Crippen MR) is 185 cm³/mol. The summed E-state index contributed by atoms with van der Waals surface area (Å²) < 4.78 is 11.0. The van der Waals surface area contributed by atoms with Gasteiger partial charge in [0.2, 0.25) is 0 Å².